The second-order valence-electron chi connectivity index (χ2n) is 4.24. The van der Waals surface area contributed by atoms with Gasteiger partial charge in [-0.3, -0.25) is 0 Å². The van der Waals surface area contributed by atoms with Gasteiger partial charge in [0.1, 0.15) is 11.9 Å². The molecular formula is C14H16O4. The molecule has 1 aliphatic rings. The molecule has 4 nitrogen and oxygen atoms in total. The zero-order valence-corrected chi connectivity index (χ0v) is 10.2. The van der Waals surface area contributed by atoms with Crippen LogP contribution in [0.15, 0.2) is 42.2 Å². The third-order valence-corrected chi connectivity index (χ3v) is 2.92. The maximum atomic E-state index is 11.3. The van der Waals surface area contributed by atoms with Gasteiger partial charge in [-0.25, -0.2) is 4.79 Å². The molecule has 0 unspecified atom stereocenters. The maximum absolute atomic E-state index is 11.3. The van der Waals surface area contributed by atoms with Gasteiger partial charge in [0, 0.05) is 12.8 Å². The fraction of sp³-hybridized carbons (Fsp3) is 0.357. The summed E-state index contributed by atoms with van der Waals surface area (Å²) in [5, 5.41) is 10.1. The van der Waals surface area contributed by atoms with Gasteiger partial charge in [-0.05, 0) is 5.56 Å². The molecule has 1 N–H and O–H groups in total. The first-order valence-electron chi connectivity index (χ1n) is 5.87. The summed E-state index contributed by atoms with van der Waals surface area (Å²) in [6, 6.07) is 9.32. The van der Waals surface area contributed by atoms with Crippen LogP contribution in [0.5, 0.6) is 0 Å². The minimum absolute atomic E-state index is 0.340. The number of esters is 1. The molecule has 0 fully saturated rings. The predicted molar refractivity (Wildman–Crippen MR) is 65.6 cm³/mol. The lowest BCUT2D eigenvalue weighted by Gasteiger charge is -2.24. The second-order valence-corrected chi connectivity index (χ2v) is 4.24. The number of aliphatic hydroxyl groups is 1. The summed E-state index contributed by atoms with van der Waals surface area (Å²) in [5.41, 5.74) is 0.821. The van der Waals surface area contributed by atoms with E-state index in [-0.39, 0.29) is 6.10 Å². The number of hydrogen-bond acceptors (Lipinski definition) is 4. The Morgan fingerprint density at radius 1 is 1.44 bits per heavy atom. The fourth-order valence-electron chi connectivity index (χ4n) is 1.99. The van der Waals surface area contributed by atoms with Crippen LogP contribution in [0.2, 0.25) is 0 Å². The number of hydrogen-bond donors (Lipinski definition) is 1. The highest BCUT2D eigenvalue weighted by Gasteiger charge is 2.25. The van der Waals surface area contributed by atoms with Crippen LogP contribution in [0.3, 0.4) is 0 Å². The lowest BCUT2D eigenvalue weighted by Crippen LogP contribution is -2.25. The van der Waals surface area contributed by atoms with Crippen LogP contribution in [-0.2, 0) is 14.3 Å². The van der Waals surface area contributed by atoms with Crippen molar-refractivity contribution in [3.05, 3.63) is 47.7 Å². The summed E-state index contributed by atoms with van der Waals surface area (Å²) in [5.74, 6) is 0.180. The van der Waals surface area contributed by atoms with E-state index in [0.29, 0.717) is 18.6 Å². The van der Waals surface area contributed by atoms with Crippen molar-refractivity contribution in [3.8, 4) is 0 Å². The van der Waals surface area contributed by atoms with Gasteiger partial charge in [-0.15, -0.1) is 0 Å². The zero-order chi connectivity index (χ0) is 13.0. The highest BCUT2D eigenvalue weighted by molar-refractivity contribution is 5.83. The van der Waals surface area contributed by atoms with Crippen molar-refractivity contribution < 1.29 is 19.4 Å². The molecule has 1 heterocycles. The van der Waals surface area contributed by atoms with Gasteiger partial charge in [0.15, 0.2) is 0 Å². The van der Waals surface area contributed by atoms with Gasteiger partial charge >= 0.3 is 5.97 Å². The molecular weight excluding hydrogens is 232 g/mol. The van der Waals surface area contributed by atoms with Crippen LogP contribution in [0.25, 0.3) is 0 Å². The smallest absolute Gasteiger partial charge is 0.334 e. The van der Waals surface area contributed by atoms with Crippen molar-refractivity contribution >= 4 is 5.97 Å². The summed E-state index contributed by atoms with van der Waals surface area (Å²) >= 11 is 0. The van der Waals surface area contributed by atoms with E-state index >= 15 is 0 Å². The van der Waals surface area contributed by atoms with Gasteiger partial charge in [-0.2, -0.15) is 0 Å². The quantitative estimate of drug-likeness (QED) is 0.827. The van der Waals surface area contributed by atoms with E-state index in [9.17, 15) is 9.90 Å². The largest absolute Gasteiger partial charge is 0.501 e. The highest BCUT2D eigenvalue weighted by atomic mass is 16.6. The van der Waals surface area contributed by atoms with Crippen molar-refractivity contribution in [2.45, 2.75) is 25.0 Å². The summed E-state index contributed by atoms with van der Waals surface area (Å²) in [6.45, 7) is 0. The topological polar surface area (TPSA) is 55.8 Å². The first-order valence-corrected chi connectivity index (χ1v) is 5.87. The molecule has 0 saturated heterocycles. The summed E-state index contributed by atoms with van der Waals surface area (Å²) < 4.78 is 10.2. The second kappa shape index (κ2) is 5.69. The molecule has 1 aromatic rings. The molecule has 0 spiro atoms. The van der Waals surface area contributed by atoms with Gasteiger partial charge < -0.3 is 14.6 Å². The van der Waals surface area contributed by atoms with Crippen molar-refractivity contribution in [2.75, 3.05) is 7.11 Å². The van der Waals surface area contributed by atoms with E-state index < -0.39 is 12.1 Å². The number of aliphatic hydroxyl groups excluding tert-OH is 1. The normalized spacial score (nSPS) is 20.9. The van der Waals surface area contributed by atoms with Crippen LogP contribution in [-0.4, -0.2) is 24.3 Å². The first kappa shape index (κ1) is 12.6. The molecule has 96 valence electrons. The van der Waals surface area contributed by atoms with Crippen LogP contribution < -0.4 is 0 Å². The third kappa shape index (κ3) is 3.11. The molecule has 2 rings (SSSR count). The number of benzene rings is 1. The van der Waals surface area contributed by atoms with Crippen LogP contribution in [0.1, 0.15) is 24.5 Å². The number of carbonyl (C=O) groups is 1. The van der Waals surface area contributed by atoms with E-state index in [4.69, 9.17) is 9.47 Å². The SMILES string of the molecule is COC1=CC(=O)O[C@@H](C[C@@H](O)c2ccccc2)C1. The van der Waals surface area contributed by atoms with Crippen LogP contribution in [0, 0.1) is 0 Å². The fourth-order valence-corrected chi connectivity index (χ4v) is 1.99. The molecule has 0 radical (unpaired) electrons. The van der Waals surface area contributed by atoms with E-state index in [1.807, 2.05) is 30.3 Å². The molecule has 4 heteroatoms. The molecule has 0 aliphatic carbocycles. The van der Waals surface area contributed by atoms with Crippen molar-refractivity contribution in [1.82, 2.24) is 0 Å². The molecule has 0 saturated carbocycles. The van der Waals surface area contributed by atoms with Gasteiger partial charge in [-0.1, -0.05) is 30.3 Å². The Kier molecular flexibility index (Phi) is 3.99. The third-order valence-electron chi connectivity index (χ3n) is 2.92. The standard InChI is InChI=1S/C14H16O4/c1-17-11-7-12(18-14(16)9-11)8-13(15)10-5-3-2-4-6-10/h2-6,9,12-13,15H,7-8H2,1H3/t12-,13-/m1/s1. The number of rotatable bonds is 4. The van der Waals surface area contributed by atoms with Gasteiger partial charge in [0.2, 0.25) is 0 Å². The molecule has 1 aliphatic heterocycles. The zero-order valence-electron chi connectivity index (χ0n) is 10.2. The summed E-state index contributed by atoms with van der Waals surface area (Å²) in [6.07, 6.45) is 1.24. The minimum Gasteiger partial charge on any atom is -0.501 e. The lowest BCUT2D eigenvalue weighted by molar-refractivity contribution is -0.146. The number of cyclic esters (lactones) is 1. The Morgan fingerprint density at radius 2 is 2.17 bits per heavy atom. The van der Waals surface area contributed by atoms with Crippen molar-refractivity contribution in [1.29, 1.82) is 0 Å². The Morgan fingerprint density at radius 3 is 2.83 bits per heavy atom. The van der Waals surface area contributed by atoms with E-state index in [0.717, 1.165) is 5.56 Å². The number of methoxy groups -OCH3 is 1. The summed E-state index contributed by atoms with van der Waals surface area (Å²) in [7, 11) is 1.52. The monoisotopic (exact) mass is 248 g/mol. The Bertz CT molecular complexity index is 438. The highest BCUT2D eigenvalue weighted by Crippen LogP contribution is 2.25. The van der Waals surface area contributed by atoms with Crippen molar-refractivity contribution in [3.63, 3.8) is 0 Å². The molecule has 0 bridgehead atoms. The van der Waals surface area contributed by atoms with E-state index in [1.54, 1.807) is 0 Å². The Hall–Kier alpha value is -1.81. The predicted octanol–water partition coefficient (Wildman–Crippen LogP) is 1.96. The number of ether oxygens (including phenoxy) is 2. The molecule has 2 atom stereocenters. The van der Waals surface area contributed by atoms with E-state index in [1.165, 1.54) is 13.2 Å². The summed E-state index contributed by atoms with van der Waals surface area (Å²) in [4.78, 5) is 11.3. The lowest BCUT2D eigenvalue weighted by atomic mass is 10.0. The van der Waals surface area contributed by atoms with Gasteiger partial charge in [0.05, 0.1) is 19.3 Å². The molecule has 0 amide bonds. The van der Waals surface area contributed by atoms with E-state index in [2.05, 4.69) is 0 Å². The van der Waals surface area contributed by atoms with Crippen LogP contribution in [0.4, 0.5) is 0 Å². The number of carbonyl (C=O) groups excluding carboxylic acids is 1. The van der Waals surface area contributed by atoms with Crippen LogP contribution >= 0.6 is 0 Å². The average Bonchev–Trinajstić information content (AvgIpc) is 2.39. The maximum Gasteiger partial charge on any atom is 0.334 e. The Balaban J connectivity index is 1.98. The first-order chi connectivity index (χ1) is 8.69. The molecule has 0 aromatic heterocycles. The Labute approximate surface area is 106 Å². The van der Waals surface area contributed by atoms with Crippen molar-refractivity contribution in [2.24, 2.45) is 0 Å². The van der Waals surface area contributed by atoms with Gasteiger partial charge in [0.25, 0.3) is 0 Å². The molecule has 1 aromatic carbocycles. The molecule has 18 heavy (non-hydrogen) atoms. The average molecular weight is 248 g/mol. The minimum atomic E-state index is -0.639.